The Morgan fingerprint density at radius 1 is 1.22 bits per heavy atom. The molecular formula is C13H29IN4. The first kappa shape index (κ1) is 18.0. The van der Waals surface area contributed by atoms with Crippen molar-refractivity contribution in [3.05, 3.63) is 0 Å². The molecule has 1 fully saturated rings. The van der Waals surface area contributed by atoms with Gasteiger partial charge in [-0.25, -0.2) is 0 Å². The van der Waals surface area contributed by atoms with Gasteiger partial charge in [-0.15, -0.1) is 24.0 Å². The summed E-state index contributed by atoms with van der Waals surface area (Å²) in [5, 5.41) is 6.89. The fraction of sp³-hybridized carbons (Fsp3) is 0.923. The topological polar surface area (TPSA) is 39.7 Å². The van der Waals surface area contributed by atoms with Crippen LogP contribution in [0.2, 0.25) is 0 Å². The normalized spacial score (nSPS) is 16.8. The lowest BCUT2D eigenvalue weighted by Gasteiger charge is -2.20. The van der Waals surface area contributed by atoms with E-state index >= 15 is 0 Å². The zero-order chi connectivity index (χ0) is 12.5. The van der Waals surface area contributed by atoms with Crippen LogP contribution in [0.4, 0.5) is 0 Å². The van der Waals surface area contributed by atoms with Crippen LogP contribution >= 0.6 is 24.0 Å². The molecule has 5 heteroatoms. The Balaban J connectivity index is 0.00000289. The molecule has 0 aromatic carbocycles. The van der Waals surface area contributed by atoms with Crippen molar-refractivity contribution in [2.75, 3.05) is 33.2 Å². The molecular weight excluding hydrogens is 339 g/mol. The first-order valence-corrected chi connectivity index (χ1v) is 6.99. The second-order valence-electron chi connectivity index (χ2n) is 4.65. The lowest BCUT2D eigenvalue weighted by Crippen LogP contribution is -2.44. The van der Waals surface area contributed by atoms with Crippen molar-refractivity contribution in [1.82, 2.24) is 15.5 Å². The Morgan fingerprint density at radius 2 is 1.83 bits per heavy atom. The molecule has 0 spiro atoms. The van der Waals surface area contributed by atoms with Gasteiger partial charge in [0.05, 0.1) is 0 Å². The van der Waals surface area contributed by atoms with E-state index in [1.54, 1.807) is 0 Å². The summed E-state index contributed by atoms with van der Waals surface area (Å²) < 4.78 is 0. The van der Waals surface area contributed by atoms with Crippen molar-refractivity contribution in [3.63, 3.8) is 0 Å². The fourth-order valence-corrected chi connectivity index (χ4v) is 2.33. The van der Waals surface area contributed by atoms with Gasteiger partial charge in [0, 0.05) is 26.2 Å². The minimum Gasteiger partial charge on any atom is -0.355 e. The van der Waals surface area contributed by atoms with Crippen LogP contribution in [-0.4, -0.2) is 50.1 Å². The summed E-state index contributed by atoms with van der Waals surface area (Å²) in [5.41, 5.74) is 0. The number of guanidine groups is 1. The van der Waals surface area contributed by atoms with E-state index in [0.717, 1.165) is 32.1 Å². The average molecular weight is 368 g/mol. The van der Waals surface area contributed by atoms with Crippen molar-refractivity contribution < 1.29 is 0 Å². The number of aliphatic imine (C=N–C) groups is 1. The van der Waals surface area contributed by atoms with E-state index in [0.29, 0.717) is 6.04 Å². The van der Waals surface area contributed by atoms with Gasteiger partial charge < -0.3 is 15.5 Å². The number of hydrogen-bond acceptors (Lipinski definition) is 2. The highest BCUT2D eigenvalue weighted by Crippen LogP contribution is 2.17. The number of nitrogens with one attached hydrogen (secondary N) is 2. The van der Waals surface area contributed by atoms with Gasteiger partial charge in [0.15, 0.2) is 5.96 Å². The minimum absolute atomic E-state index is 0. The lowest BCUT2D eigenvalue weighted by atomic mass is 10.2. The first-order valence-electron chi connectivity index (χ1n) is 6.99. The van der Waals surface area contributed by atoms with E-state index in [1.165, 1.54) is 25.7 Å². The zero-order valence-electron chi connectivity index (χ0n) is 12.0. The summed E-state index contributed by atoms with van der Waals surface area (Å²) in [5.74, 6) is 0.962. The van der Waals surface area contributed by atoms with Crippen LogP contribution in [0, 0.1) is 0 Å². The first-order chi connectivity index (χ1) is 8.30. The van der Waals surface area contributed by atoms with Gasteiger partial charge in [0.2, 0.25) is 0 Å². The molecule has 0 aromatic heterocycles. The zero-order valence-corrected chi connectivity index (χ0v) is 14.4. The van der Waals surface area contributed by atoms with Crippen molar-refractivity contribution in [1.29, 1.82) is 0 Å². The summed E-state index contributed by atoms with van der Waals surface area (Å²) in [4.78, 5) is 6.69. The Hall–Kier alpha value is -0.0400. The molecule has 0 aliphatic heterocycles. The minimum atomic E-state index is 0. The average Bonchev–Trinajstić information content (AvgIpc) is 2.86. The molecule has 0 heterocycles. The molecule has 1 aliphatic rings. The third kappa shape index (κ3) is 6.78. The van der Waals surface area contributed by atoms with Gasteiger partial charge in [0.1, 0.15) is 0 Å². The van der Waals surface area contributed by atoms with Gasteiger partial charge in [-0.3, -0.25) is 4.99 Å². The maximum Gasteiger partial charge on any atom is 0.191 e. The molecule has 0 amide bonds. The molecule has 0 aromatic rings. The van der Waals surface area contributed by atoms with E-state index in [1.807, 2.05) is 7.05 Å². The molecule has 1 saturated carbocycles. The Morgan fingerprint density at radius 3 is 2.33 bits per heavy atom. The van der Waals surface area contributed by atoms with Gasteiger partial charge in [-0.2, -0.15) is 0 Å². The van der Waals surface area contributed by atoms with Crippen molar-refractivity contribution >= 4 is 29.9 Å². The molecule has 0 saturated heterocycles. The third-order valence-electron chi connectivity index (χ3n) is 3.53. The Labute approximate surface area is 129 Å². The van der Waals surface area contributed by atoms with Gasteiger partial charge in [-0.1, -0.05) is 26.7 Å². The van der Waals surface area contributed by atoms with Crippen molar-refractivity contribution in [2.45, 2.75) is 45.6 Å². The van der Waals surface area contributed by atoms with Gasteiger partial charge in [-0.05, 0) is 25.9 Å². The van der Waals surface area contributed by atoms with Crippen LogP contribution in [0.1, 0.15) is 39.5 Å². The second kappa shape index (κ2) is 10.8. The maximum absolute atomic E-state index is 4.28. The Kier molecular flexibility index (Phi) is 10.8. The largest absolute Gasteiger partial charge is 0.355 e. The van der Waals surface area contributed by atoms with E-state index < -0.39 is 0 Å². The quantitative estimate of drug-likeness (QED) is 0.428. The van der Waals surface area contributed by atoms with Crippen LogP contribution < -0.4 is 10.6 Å². The number of likely N-dealkylation sites (N-methyl/N-ethyl adjacent to an activating group) is 1. The van der Waals surface area contributed by atoms with Crippen LogP contribution in [0.3, 0.4) is 0 Å². The van der Waals surface area contributed by atoms with Crippen molar-refractivity contribution in [2.24, 2.45) is 4.99 Å². The molecule has 0 unspecified atom stereocenters. The van der Waals surface area contributed by atoms with E-state index in [-0.39, 0.29) is 24.0 Å². The van der Waals surface area contributed by atoms with E-state index in [4.69, 9.17) is 0 Å². The van der Waals surface area contributed by atoms with Crippen LogP contribution in [-0.2, 0) is 0 Å². The molecule has 18 heavy (non-hydrogen) atoms. The smallest absolute Gasteiger partial charge is 0.191 e. The highest BCUT2D eigenvalue weighted by atomic mass is 127. The fourth-order valence-electron chi connectivity index (χ4n) is 2.33. The molecule has 4 nitrogen and oxygen atoms in total. The summed E-state index contributed by atoms with van der Waals surface area (Å²) >= 11 is 0. The highest BCUT2D eigenvalue weighted by molar-refractivity contribution is 14.0. The van der Waals surface area contributed by atoms with Crippen molar-refractivity contribution in [3.8, 4) is 0 Å². The van der Waals surface area contributed by atoms with E-state index in [2.05, 4.69) is 34.4 Å². The summed E-state index contributed by atoms with van der Waals surface area (Å²) in [6.45, 7) is 8.69. The van der Waals surface area contributed by atoms with E-state index in [9.17, 15) is 0 Å². The molecule has 0 radical (unpaired) electrons. The molecule has 2 N–H and O–H groups in total. The van der Waals surface area contributed by atoms with Crippen LogP contribution in [0.25, 0.3) is 0 Å². The molecule has 1 aliphatic carbocycles. The summed E-state index contributed by atoms with van der Waals surface area (Å²) in [6, 6.07) is 0.634. The maximum atomic E-state index is 4.28. The summed E-state index contributed by atoms with van der Waals surface area (Å²) in [7, 11) is 1.85. The van der Waals surface area contributed by atoms with Crippen LogP contribution in [0.15, 0.2) is 4.99 Å². The van der Waals surface area contributed by atoms with Gasteiger partial charge in [0.25, 0.3) is 0 Å². The monoisotopic (exact) mass is 368 g/mol. The number of hydrogen-bond donors (Lipinski definition) is 2. The lowest BCUT2D eigenvalue weighted by molar-refractivity contribution is 0.308. The second-order valence-corrected chi connectivity index (χ2v) is 4.65. The molecule has 0 atom stereocenters. The SMILES string of the molecule is CCN(CC)CCNC(=NC)NC1CCCC1.I. The molecule has 108 valence electrons. The predicted molar refractivity (Wildman–Crippen MR) is 90.0 cm³/mol. The highest BCUT2D eigenvalue weighted by Gasteiger charge is 2.15. The number of halogens is 1. The predicted octanol–water partition coefficient (Wildman–Crippen LogP) is 2.05. The Bertz CT molecular complexity index is 223. The number of nitrogens with zero attached hydrogens (tertiary/aromatic N) is 2. The standard InChI is InChI=1S/C13H28N4.HI/c1-4-17(5-2)11-10-15-13(14-3)16-12-8-6-7-9-12;/h12H,4-11H2,1-3H3,(H2,14,15,16);1H. The summed E-state index contributed by atoms with van der Waals surface area (Å²) in [6.07, 6.45) is 5.29. The van der Waals surface area contributed by atoms with Gasteiger partial charge >= 0.3 is 0 Å². The number of rotatable bonds is 6. The molecule has 1 rings (SSSR count). The molecule has 0 bridgehead atoms. The third-order valence-corrected chi connectivity index (χ3v) is 3.53. The van der Waals surface area contributed by atoms with Crippen LogP contribution in [0.5, 0.6) is 0 Å².